The summed E-state index contributed by atoms with van der Waals surface area (Å²) in [6.45, 7) is 1.49. The number of nitrogens with one attached hydrogen (secondary N) is 2. The van der Waals surface area contributed by atoms with Gasteiger partial charge in [-0.2, -0.15) is 0 Å². The Morgan fingerprint density at radius 2 is 1.39 bits per heavy atom. The molecule has 0 fully saturated rings. The summed E-state index contributed by atoms with van der Waals surface area (Å²) in [5.74, 6) is 1.18. The number of hydrogen-bond donors (Lipinski definition) is 2. The van der Waals surface area contributed by atoms with Gasteiger partial charge in [0.15, 0.2) is 5.69 Å². The normalized spacial score (nSPS) is 10.3. The molecule has 0 saturated carbocycles. The van der Waals surface area contributed by atoms with E-state index < -0.39 is 5.91 Å². The van der Waals surface area contributed by atoms with E-state index in [0.717, 1.165) is 0 Å². The maximum Gasteiger partial charge on any atom is 0.278 e. The molecule has 1 heterocycles. The molecule has 174 valence electrons. The standard InChI is InChI=1S/C22H25N5O6/c1-13-21(22(29)24-17-11-15(31-3)7-9-19(17)33-5)25-26-27(13)12-20(28)23-16-10-14(30-2)6-8-18(16)32-4/h6-11H,12H2,1-5H3,(H,23,28)(H,24,29). The molecule has 3 aromatic rings. The number of nitrogens with zero attached hydrogens (tertiary/aromatic N) is 3. The van der Waals surface area contributed by atoms with Gasteiger partial charge < -0.3 is 29.6 Å². The van der Waals surface area contributed by atoms with Gasteiger partial charge in [-0.3, -0.25) is 9.59 Å². The average Bonchev–Trinajstić information content (AvgIpc) is 3.18. The molecule has 3 rings (SSSR count). The van der Waals surface area contributed by atoms with Crippen molar-refractivity contribution in [3.8, 4) is 23.0 Å². The van der Waals surface area contributed by atoms with Gasteiger partial charge in [0.1, 0.15) is 29.5 Å². The van der Waals surface area contributed by atoms with Crippen LogP contribution in [0.2, 0.25) is 0 Å². The van der Waals surface area contributed by atoms with Crippen LogP contribution in [0.15, 0.2) is 36.4 Å². The van der Waals surface area contributed by atoms with E-state index in [1.165, 1.54) is 33.1 Å². The number of rotatable bonds is 9. The monoisotopic (exact) mass is 455 g/mol. The van der Waals surface area contributed by atoms with Gasteiger partial charge in [0.25, 0.3) is 5.91 Å². The molecule has 2 N–H and O–H groups in total. The minimum absolute atomic E-state index is 0.0756. The summed E-state index contributed by atoms with van der Waals surface area (Å²) in [7, 11) is 6.05. The van der Waals surface area contributed by atoms with Crippen LogP contribution in [0.5, 0.6) is 23.0 Å². The lowest BCUT2D eigenvalue weighted by atomic mass is 10.2. The first kappa shape index (κ1) is 23.4. The zero-order chi connectivity index (χ0) is 24.0. The Morgan fingerprint density at radius 3 is 1.91 bits per heavy atom. The fourth-order valence-electron chi connectivity index (χ4n) is 3.05. The van der Waals surface area contributed by atoms with Crippen molar-refractivity contribution in [3.63, 3.8) is 0 Å². The van der Waals surface area contributed by atoms with Gasteiger partial charge in [-0.15, -0.1) is 5.10 Å². The third-order valence-electron chi connectivity index (χ3n) is 4.83. The van der Waals surface area contributed by atoms with Gasteiger partial charge >= 0.3 is 0 Å². The number of carbonyl (C=O) groups is 2. The van der Waals surface area contributed by atoms with Crippen LogP contribution in [0.4, 0.5) is 11.4 Å². The zero-order valence-electron chi connectivity index (χ0n) is 19.0. The first-order valence-corrected chi connectivity index (χ1v) is 9.85. The lowest BCUT2D eigenvalue weighted by molar-refractivity contribution is -0.117. The Morgan fingerprint density at radius 1 is 0.848 bits per heavy atom. The van der Waals surface area contributed by atoms with Crippen LogP contribution in [0, 0.1) is 6.92 Å². The van der Waals surface area contributed by atoms with Crippen LogP contribution in [0.3, 0.4) is 0 Å². The van der Waals surface area contributed by atoms with Crippen molar-refractivity contribution < 1.29 is 28.5 Å². The van der Waals surface area contributed by atoms with Gasteiger partial charge in [-0.05, 0) is 31.2 Å². The number of carbonyl (C=O) groups excluding carboxylic acids is 2. The van der Waals surface area contributed by atoms with E-state index in [2.05, 4.69) is 20.9 Å². The number of aromatic nitrogens is 3. The van der Waals surface area contributed by atoms with Gasteiger partial charge in [0.05, 0.1) is 45.5 Å². The smallest absolute Gasteiger partial charge is 0.278 e. The minimum Gasteiger partial charge on any atom is -0.497 e. The summed E-state index contributed by atoms with van der Waals surface area (Å²) in [5, 5.41) is 13.4. The molecule has 0 saturated heterocycles. The molecule has 11 nitrogen and oxygen atoms in total. The average molecular weight is 455 g/mol. The van der Waals surface area contributed by atoms with Crippen molar-refractivity contribution in [1.29, 1.82) is 0 Å². The second-order valence-corrected chi connectivity index (χ2v) is 6.82. The maximum atomic E-state index is 12.8. The molecule has 1 aromatic heterocycles. The van der Waals surface area contributed by atoms with Gasteiger partial charge in [-0.25, -0.2) is 4.68 Å². The molecule has 33 heavy (non-hydrogen) atoms. The molecule has 11 heteroatoms. The van der Waals surface area contributed by atoms with Crippen molar-refractivity contribution in [2.24, 2.45) is 0 Å². The van der Waals surface area contributed by atoms with E-state index >= 15 is 0 Å². The largest absolute Gasteiger partial charge is 0.497 e. The molecule has 0 bridgehead atoms. The lowest BCUT2D eigenvalue weighted by Crippen LogP contribution is -2.21. The second-order valence-electron chi connectivity index (χ2n) is 6.82. The zero-order valence-corrected chi connectivity index (χ0v) is 19.0. The van der Waals surface area contributed by atoms with E-state index in [1.807, 2.05) is 0 Å². The predicted molar refractivity (Wildman–Crippen MR) is 120 cm³/mol. The summed E-state index contributed by atoms with van der Waals surface area (Å²) in [4.78, 5) is 25.4. The third-order valence-corrected chi connectivity index (χ3v) is 4.83. The van der Waals surface area contributed by atoms with E-state index in [0.29, 0.717) is 40.1 Å². The molecule has 2 amide bonds. The molecule has 0 aliphatic rings. The van der Waals surface area contributed by atoms with E-state index in [4.69, 9.17) is 18.9 Å². The van der Waals surface area contributed by atoms with Crippen LogP contribution in [-0.2, 0) is 11.3 Å². The maximum absolute atomic E-state index is 12.8. The van der Waals surface area contributed by atoms with Gasteiger partial charge in [-0.1, -0.05) is 5.21 Å². The summed E-state index contributed by atoms with van der Waals surface area (Å²) in [6.07, 6.45) is 0. The molecule has 0 aliphatic heterocycles. The number of hydrogen-bond acceptors (Lipinski definition) is 8. The van der Waals surface area contributed by atoms with Gasteiger partial charge in [0, 0.05) is 12.1 Å². The molecular weight excluding hydrogens is 430 g/mol. The van der Waals surface area contributed by atoms with Crippen LogP contribution in [0.25, 0.3) is 0 Å². The fraction of sp³-hybridized carbons (Fsp3) is 0.273. The third kappa shape index (κ3) is 5.32. The number of benzene rings is 2. The minimum atomic E-state index is -0.500. The van der Waals surface area contributed by atoms with Crippen molar-refractivity contribution in [2.45, 2.75) is 13.5 Å². The predicted octanol–water partition coefficient (Wildman–Crippen LogP) is 2.51. The topological polar surface area (TPSA) is 126 Å². The molecule has 2 aromatic carbocycles. The van der Waals surface area contributed by atoms with Crippen molar-refractivity contribution in [1.82, 2.24) is 15.0 Å². The number of ether oxygens (including phenoxy) is 4. The summed E-state index contributed by atoms with van der Waals surface area (Å²) >= 11 is 0. The lowest BCUT2D eigenvalue weighted by Gasteiger charge is -2.12. The number of anilines is 2. The second kappa shape index (κ2) is 10.4. The molecule has 0 spiro atoms. The molecular formula is C22H25N5O6. The first-order chi connectivity index (χ1) is 15.9. The van der Waals surface area contributed by atoms with E-state index in [-0.39, 0.29) is 18.1 Å². The highest BCUT2D eigenvalue weighted by Crippen LogP contribution is 2.30. The Hall–Kier alpha value is -4.28. The molecule has 0 atom stereocenters. The van der Waals surface area contributed by atoms with Crippen molar-refractivity contribution in [2.75, 3.05) is 39.1 Å². The van der Waals surface area contributed by atoms with Crippen LogP contribution in [0.1, 0.15) is 16.2 Å². The summed E-state index contributed by atoms with van der Waals surface area (Å²) in [5.41, 5.74) is 1.36. The van der Waals surface area contributed by atoms with Crippen molar-refractivity contribution in [3.05, 3.63) is 47.8 Å². The van der Waals surface area contributed by atoms with Crippen LogP contribution < -0.4 is 29.6 Å². The Bertz CT molecular complexity index is 1160. The first-order valence-electron chi connectivity index (χ1n) is 9.85. The summed E-state index contributed by atoms with van der Waals surface area (Å²) < 4.78 is 22.3. The quantitative estimate of drug-likeness (QED) is 0.504. The van der Waals surface area contributed by atoms with Crippen LogP contribution in [-0.4, -0.2) is 55.2 Å². The number of amides is 2. The molecule has 0 aliphatic carbocycles. The van der Waals surface area contributed by atoms with E-state index in [9.17, 15) is 9.59 Å². The van der Waals surface area contributed by atoms with Crippen molar-refractivity contribution >= 4 is 23.2 Å². The fourth-order valence-corrected chi connectivity index (χ4v) is 3.05. The highest BCUT2D eigenvalue weighted by atomic mass is 16.5. The van der Waals surface area contributed by atoms with Gasteiger partial charge in [0.2, 0.25) is 5.91 Å². The Balaban J connectivity index is 1.73. The SMILES string of the molecule is COc1ccc(OC)c(NC(=O)Cn2nnc(C(=O)Nc3cc(OC)ccc3OC)c2C)c1. The molecule has 0 radical (unpaired) electrons. The Labute approximate surface area is 190 Å². The van der Waals surface area contributed by atoms with E-state index in [1.54, 1.807) is 43.3 Å². The highest BCUT2D eigenvalue weighted by Gasteiger charge is 2.20. The van der Waals surface area contributed by atoms with Crippen LogP contribution >= 0.6 is 0 Å². The highest BCUT2D eigenvalue weighted by molar-refractivity contribution is 6.04. The Kier molecular flexibility index (Phi) is 7.34. The summed E-state index contributed by atoms with van der Waals surface area (Å²) in [6, 6.07) is 10.1. The number of methoxy groups -OCH3 is 4. The molecule has 0 unspecified atom stereocenters.